The van der Waals surface area contributed by atoms with E-state index in [1.807, 2.05) is 49.6 Å². The van der Waals surface area contributed by atoms with Gasteiger partial charge in [0.1, 0.15) is 0 Å². The minimum atomic E-state index is -3.82. The number of rotatable bonds is 6. The molecule has 0 radical (unpaired) electrons. The number of nitrogens with zero attached hydrogens (tertiary/aromatic N) is 1. The van der Waals surface area contributed by atoms with Crippen molar-refractivity contribution in [3.05, 3.63) is 77.1 Å². The first-order valence-electron chi connectivity index (χ1n) is 9.88. The van der Waals surface area contributed by atoms with E-state index in [4.69, 9.17) is 9.88 Å². The Balaban J connectivity index is 1.72. The van der Waals surface area contributed by atoms with Crippen molar-refractivity contribution in [2.75, 3.05) is 5.32 Å². The van der Waals surface area contributed by atoms with Crippen LogP contribution in [0, 0.1) is 20.8 Å². The second-order valence-electron chi connectivity index (χ2n) is 7.51. The zero-order valence-corrected chi connectivity index (χ0v) is 19.1. The average Bonchev–Trinajstić information content (AvgIpc) is 3.02. The minimum absolute atomic E-state index is 0.0704. The molecule has 0 fully saturated rings. The number of amides is 1. The summed E-state index contributed by atoms with van der Waals surface area (Å²) in [6, 6.07) is 15.0. The number of nitrogens with two attached hydrogens (primary N) is 1. The van der Waals surface area contributed by atoms with Crippen molar-refractivity contribution >= 4 is 27.6 Å². The molecule has 32 heavy (non-hydrogen) atoms. The van der Waals surface area contributed by atoms with Gasteiger partial charge in [-0.3, -0.25) is 4.79 Å². The number of esters is 1. The third-order valence-electron chi connectivity index (χ3n) is 5.11. The molecule has 1 aromatic heterocycles. The highest BCUT2D eigenvalue weighted by Gasteiger charge is 2.23. The fraction of sp³-hybridized carbons (Fsp3) is 0.217. The van der Waals surface area contributed by atoms with Gasteiger partial charge in [-0.1, -0.05) is 18.2 Å². The predicted molar refractivity (Wildman–Crippen MR) is 121 cm³/mol. The van der Waals surface area contributed by atoms with Gasteiger partial charge in [0.05, 0.1) is 10.5 Å². The van der Waals surface area contributed by atoms with Crippen molar-refractivity contribution in [2.45, 2.75) is 38.7 Å². The van der Waals surface area contributed by atoms with Gasteiger partial charge in [-0.05, 0) is 69.7 Å². The summed E-state index contributed by atoms with van der Waals surface area (Å²) in [6.45, 7) is 7.19. The van der Waals surface area contributed by atoms with Gasteiger partial charge in [-0.2, -0.15) is 0 Å². The molecule has 0 bridgehead atoms. The first kappa shape index (κ1) is 23.2. The number of aromatic nitrogens is 1. The number of benzene rings is 2. The molecular formula is C23H25N3O5S. The Morgan fingerprint density at radius 3 is 2.25 bits per heavy atom. The largest absolute Gasteiger partial charge is 0.449 e. The van der Waals surface area contributed by atoms with Crippen LogP contribution < -0.4 is 10.5 Å². The molecule has 0 spiro atoms. The number of sulfonamides is 1. The minimum Gasteiger partial charge on any atom is -0.449 e. The van der Waals surface area contributed by atoms with Crippen molar-refractivity contribution in [1.82, 2.24) is 4.57 Å². The molecule has 3 aromatic rings. The van der Waals surface area contributed by atoms with Crippen molar-refractivity contribution < 1.29 is 22.7 Å². The predicted octanol–water partition coefficient (Wildman–Crippen LogP) is 3.23. The molecule has 1 amide bonds. The molecule has 2 aromatic carbocycles. The molecule has 3 rings (SSSR count). The van der Waals surface area contributed by atoms with Crippen LogP contribution in [0.3, 0.4) is 0 Å². The van der Waals surface area contributed by atoms with E-state index >= 15 is 0 Å². The number of ether oxygens (including phenoxy) is 1. The number of hydrogen-bond acceptors (Lipinski definition) is 5. The van der Waals surface area contributed by atoms with E-state index in [0.29, 0.717) is 16.9 Å². The molecule has 1 atom stereocenters. The number of hydrogen-bond donors (Lipinski definition) is 2. The zero-order valence-electron chi connectivity index (χ0n) is 18.2. The molecule has 0 saturated carbocycles. The molecule has 9 heteroatoms. The SMILES string of the molecule is Cc1ccccc1-n1c(C)cc(C(=O)OC(C)C(=O)Nc2ccc(S(N)(=O)=O)cc2)c1C. The lowest BCUT2D eigenvalue weighted by Gasteiger charge is -2.15. The van der Waals surface area contributed by atoms with E-state index in [9.17, 15) is 18.0 Å². The molecule has 3 N–H and O–H groups in total. The highest BCUT2D eigenvalue weighted by Crippen LogP contribution is 2.24. The van der Waals surface area contributed by atoms with Crippen molar-refractivity contribution in [3.63, 3.8) is 0 Å². The van der Waals surface area contributed by atoms with E-state index in [0.717, 1.165) is 16.9 Å². The Labute approximate surface area is 187 Å². The lowest BCUT2D eigenvalue weighted by molar-refractivity contribution is -0.123. The maximum absolute atomic E-state index is 12.8. The maximum Gasteiger partial charge on any atom is 0.340 e. The van der Waals surface area contributed by atoms with E-state index < -0.39 is 28.0 Å². The zero-order chi connectivity index (χ0) is 23.6. The molecule has 0 aliphatic carbocycles. The van der Waals surface area contributed by atoms with Gasteiger partial charge in [0.25, 0.3) is 5.91 Å². The summed E-state index contributed by atoms with van der Waals surface area (Å²) in [6.07, 6.45) is -1.07. The number of carbonyl (C=O) groups is 2. The van der Waals surface area contributed by atoms with Gasteiger partial charge in [-0.25, -0.2) is 18.4 Å². The van der Waals surface area contributed by atoms with Crippen molar-refractivity contribution in [2.24, 2.45) is 5.14 Å². The summed E-state index contributed by atoms with van der Waals surface area (Å²) >= 11 is 0. The molecule has 0 aliphatic rings. The Hall–Kier alpha value is -3.43. The number of nitrogens with one attached hydrogen (secondary N) is 1. The summed E-state index contributed by atoms with van der Waals surface area (Å²) in [5.74, 6) is -1.15. The van der Waals surface area contributed by atoms with Gasteiger partial charge >= 0.3 is 5.97 Å². The van der Waals surface area contributed by atoms with Crippen molar-refractivity contribution in [3.8, 4) is 5.69 Å². The molecule has 0 aliphatic heterocycles. The Morgan fingerprint density at radius 1 is 1.03 bits per heavy atom. The smallest absolute Gasteiger partial charge is 0.340 e. The van der Waals surface area contributed by atoms with Gasteiger partial charge < -0.3 is 14.6 Å². The maximum atomic E-state index is 12.8. The van der Waals surface area contributed by atoms with Crippen LogP contribution in [-0.4, -0.2) is 31.0 Å². The lowest BCUT2D eigenvalue weighted by atomic mass is 10.2. The Kier molecular flexibility index (Phi) is 6.52. The Bertz CT molecular complexity index is 1280. The third-order valence-corrected chi connectivity index (χ3v) is 6.04. The second-order valence-corrected chi connectivity index (χ2v) is 9.07. The van der Waals surface area contributed by atoms with E-state index in [2.05, 4.69) is 5.32 Å². The van der Waals surface area contributed by atoms with E-state index in [1.54, 1.807) is 6.07 Å². The van der Waals surface area contributed by atoms with Crippen LogP contribution in [0.25, 0.3) is 5.69 Å². The third kappa shape index (κ3) is 4.90. The highest BCUT2D eigenvalue weighted by molar-refractivity contribution is 7.89. The molecule has 1 unspecified atom stereocenters. The fourth-order valence-electron chi connectivity index (χ4n) is 3.40. The number of primary sulfonamides is 1. The van der Waals surface area contributed by atoms with Crippen molar-refractivity contribution in [1.29, 1.82) is 0 Å². The molecule has 0 saturated heterocycles. The first-order chi connectivity index (χ1) is 15.0. The molecular weight excluding hydrogens is 430 g/mol. The summed E-state index contributed by atoms with van der Waals surface area (Å²) in [5, 5.41) is 7.65. The summed E-state index contributed by atoms with van der Waals surface area (Å²) in [7, 11) is -3.82. The standard InChI is InChI=1S/C23H25N3O5S/c1-14-7-5-6-8-21(14)26-15(2)13-20(16(26)3)23(28)31-17(4)22(27)25-18-9-11-19(12-10-18)32(24,29)30/h5-13,17H,1-4H3,(H,25,27)(H2,24,29,30). The topological polar surface area (TPSA) is 120 Å². The van der Waals surface area contributed by atoms with Crippen LogP contribution in [0.1, 0.15) is 34.2 Å². The highest BCUT2D eigenvalue weighted by atomic mass is 32.2. The molecule has 8 nitrogen and oxygen atoms in total. The fourth-order valence-corrected chi connectivity index (χ4v) is 3.92. The number of aryl methyl sites for hydroxylation is 2. The average molecular weight is 456 g/mol. The molecule has 168 valence electrons. The summed E-state index contributed by atoms with van der Waals surface area (Å²) in [4.78, 5) is 25.2. The lowest BCUT2D eigenvalue weighted by Crippen LogP contribution is -2.30. The van der Waals surface area contributed by atoms with Gasteiger partial charge in [0, 0.05) is 22.8 Å². The van der Waals surface area contributed by atoms with Crippen LogP contribution in [0.2, 0.25) is 0 Å². The number of para-hydroxylation sites is 1. The Morgan fingerprint density at radius 2 is 1.66 bits per heavy atom. The molecule has 1 heterocycles. The van der Waals surface area contributed by atoms with Gasteiger partial charge in [0.15, 0.2) is 6.10 Å². The summed E-state index contributed by atoms with van der Waals surface area (Å²) < 4.78 is 30.0. The van der Waals surface area contributed by atoms with Gasteiger partial charge in [-0.15, -0.1) is 0 Å². The normalized spacial score (nSPS) is 12.3. The van der Waals surface area contributed by atoms with E-state index in [-0.39, 0.29) is 4.90 Å². The van der Waals surface area contributed by atoms with Crippen LogP contribution in [0.5, 0.6) is 0 Å². The van der Waals surface area contributed by atoms with Crippen LogP contribution in [0.4, 0.5) is 5.69 Å². The second kappa shape index (κ2) is 8.97. The number of carbonyl (C=O) groups excluding carboxylic acids is 2. The van der Waals surface area contributed by atoms with Crippen LogP contribution in [-0.2, 0) is 19.6 Å². The monoisotopic (exact) mass is 455 g/mol. The van der Waals surface area contributed by atoms with Crippen LogP contribution in [0.15, 0.2) is 59.5 Å². The first-order valence-corrected chi connectivity index (χ1v) is 11.4. The van der Waals surface area contributed by atoms with Crippen LogP contribution >= 0.6 is 0 Å². The quantitative estimate of drug-likeness (QED) is 0.553. The number of anilines is 1. The van der Waals surface area contributed by atoms with E-state index in [1.165, 1.54) is 31.2 Å². The van der Waals surface area contributed by atoms with Gasteiger partial charge in [0.2, 0.25) is 10.0 Å². The summed E-state index contributed by atoms with van der Waals surface area (Å²) in [5.41, 5.74) is 4.35.